The van der Waals surface area contributed by atoms with E-state index in [1.807, 2.05) is 38.1 Å². The van der Waals surface area contributed by atoms with E-state index < -0.39 is 0 Å². The molecular weight excluding hydrogens is 326 g/mol. The van der Waals surface area contributed by atoms with E-state index in [1.54, 1.807) is 0 Å². The molecule has 4 aromatic carbocycles. The lowest BCUT2D eigenvalue weighted by Gasteiger charge is -2.08. The first-order valence-corrected chi connectivity index (χ1v) is 9.46. The Morgan fingerprint density at radius 3 is 1.19 bits per heavy atom. The highest BCUT2D eigenvalue weighted by molar-refractivity contribution is 5.72. The van der Waals surface area contributed by atoms with Crippen LogP contribution in [0.5, 0.6) is 0 Å². The summed E-state index contributed by atoms with van der Waals surface area (Å²) >= 11 is 0. The average molecular weight is 351 g/mol. The zero-order valence-electron chi connectivity index (χ0n) is 15.9. The first-order chi connectivity index (χ1) is 13.4. The lowest BCUT2D eigenvalue weighted by Crippen LogP contribution is -1.89. The molecule has 0 unspecified atom stereocenters. The third kappa shape index (κ3) is 4.86. The van der Waals surface area contributed by atoms with Gasteiger partial charge >= 0.3 is 0 Å². The van der Waals surface area contributed by atoms with Crippen LogP contribution in [-0.2, 0) is 0 Å². The number of hydrogen-bond acceptors (Lipinski definition) is 1. The van der Waals surface area contributed by atoms with E-state index in [0.717, 1.165) is 11.4 Å². The zero-order chi connectivity index (χ0) is 18.9. The molecule has 0 fully saturated rings. The highest BCUT2D eigenvalue weighted by Gasteiger charge is 2.01. The summed E-state index contributed by atoms with van der Waals surface area (Å²) in [5.41, 5.74) is 7.13. The van der Waals surface area contributed by atoms with Gasteiger partial charge in [0.2, 0.25) is 0 Å². The van der Waals surface area contributed by atoms with Crippen LogP contribution in [-0.4, -0.2) is 0 Å². The van der Waals surface area contributed by atoms with Gasteiger partial charge in [0.1, 0.15) is 0 Å². The molecule has 0 bridgehead atoms. The van der Waals surface area contributed by atoms with Gasteiger partial charge in [-0.05, 0) is 46.5 Å². The predicted molar refractivity (Wildman–Crippen MR) is 118 cm³/mol. The summed E-state index contributed by atoms with van der Waals surface area (Å²) in [4.78, 5) is 0. The fourth-order valence-corrected chi connectivity index (χ4v) is 2.92. The Hall–Kier alpha value is -3.32. The van der Waals surface area contributed by atoms with Crippen LogP contribution in [0, 0.1) is 0 Å². The Bertz CT molecular complexity index is 925. The molecule has 0 aliphatic heterocycles. The summed E-state index contributed by atoms with van der Waals surface area (Å²) in [5.74, 6) is 0. The van der Waals surface area contributed by atoms with Gasteiger partial charge in [0.15, 0.2) is 0 Å². The van der Waals surface area contributed by atoms with Crippen molar-refractivity contribution in [2.75, 3.05) is 5.32 Å². The van der Waals surface area contributed by atoms with Crippen molar-refractivity contribution in [1.82, 2.24) is 0 Å². The maximum absolute atomic E-state index is 3.41. The van der Waals surface area contributed by atoms with Gasteiger partial charge in [-0.25, -0.2) is 0 Å². The van der Waals surface area contributed by atoms with Crippen molar-refractivity contribution in [2.45, 2.75) is 13.8 Å². The highest BCUT2D eigenvalue weighted by Crippen LogP contribution is 2.26. The van der Waals surface area contributed by atoms with Crippen molar-refractivity contribution in [3.8, 4) is 22.3 Å². The van der Waals surface area contributed by atoms with Crippen molar-refractivity contribution in [3.05, 3.63) is 109 Å². The fourth-order valence-electron chi connectivity index (χ4n) is 2.92. The quantitative estimate of drug-likeness (QED) is 0.395. The first-order valence-electron chi connectivity index (χ1n) is 9.46. The van der Waals surface area contributed by atoms with E-state index >= 15 is 0 Å². The second-order valence-corrected chi connectivity index (χ2v) is 6.01. The molecule has 4 aromatic rings. The molecule has 0 aliphatic carbocycles. The summed E-state index contributed by atoms with van der Waals surface area (Å²) in [5, 5.41) is 3.41. The Labute approximate surface area is 162 Å². The highest BCUT2D eigenvalue weighted by atomic mass is 14.9. The van der Waals surface area contributed by atoms with Crippen molar-refractivity contribution < 1.29 is 0 Å². The third-order valence-corrected chi connectivity index (χ3v) is 4.27. The van der Waals surface area contributed by atoms with Crippen LogP contribution < -0.4 is 5.32 Å². The monoisotopic (exact) mass is 351 g/mol. The molecule has 0 aromatic heterocycles. The second kappa shape index (κ2) is 9.40. The Balaban J connectivity index is 0.00000102. The number of anilines is 2. The molecule has 1 nitrogen and oxygen atoms in total. The van der Waals surface area contributed by atoms with Crippen LogP contribution in [0.4, 0.5) is 11.4 Å². The third-order valence-electron chi connectivity index (χ3n) is 4.27. The largest absolute Gasteiger partial charge is 0.356 e. The van der Waals surface area contributed by atoms with E-state index in [0.29, 0.717) is 0 Å². The maximum atomic E-state index is 3.41. The Morgan fingerprint density at radius 1 is 0.370 bits per heavy atom. The van der Waals surface area contributed by atoms with Crippen LogP contribution in [0.15, 0.2) is 109 Å². The van der Waals surface area contributed by atoms with E-state index in [-0.39, 0.29) is 0 Å². The van der Waals surface area contributed by atoms with Crippen LogP contribution in [0.2, 0.25) is 0 Å². The molecule has 0 aliphatic rings. The van der Waals surface area contributed by atoms with Crippen LogP contribution >= 0.6 is 0 Å². The fraction of sp³-hybridized carbons (Fsp3) is 0.0769. The van der Waals surface area contributed by atoms with Gasteiger partial charge < -0.3 is 5.32 Å². The molecule has 0 saturated carbocycles. The maximum Gasteiger partial charge on any atom is 0.0384 e. The molecule has 0 saturated heterocycles. The van der Waals surface area contributed by atoms with Crippen molar-refractivity contribution in [2.24, 2.45) is 0 Å². The van der Waals surface area contributed by atoms with Crippen molar-refractivity contribution in [3.63, 3.8) is 0 Å². The lowest BCUT2D eigenvalue weighted by atomic mass is 10.0. The molecule has 0 atom stereocenters. The molecule has 0 radical (unpaired) electrons. The minimum Gasteiger partial charge on any atom is -0.356 e. The van der Waals surface area contributed by atoms with Gasteiger partial charge in [0.05, 0.1) is 0 Å². The predicted octanol–water partition coefficient (Wildman–Crippen LogP) is 7.79. The van der Waals surface area contributed by atoms with Gasteiger partial charge in [0, 0.05) is 11.4 Å². The number of para-hydroxylation sites is 1. The summed E-state index contributed by atoms with van der Waals surface area (Å²) in [6.07, 6.45) is 0. The number of hydrogen-bond donors (Lipinski definition) is 1. The first kappa shape index (κ1) is 18.5. The van der Waals surface area contributed by atoms with E-state index in [4.69, 9.17) is 0 Å². The topological polar surface area (TPSA) is 12.0 Å². The van der Waals surface area contributed by atoms with Crippen molar-refractivity contribution in [1.29, 1.82) is 0 Å². The van der Waals surface area contributed by atoms with Crippen molar-refractivity contribution >= 4 is 11.4 Å². The van der Waals surface area contributed by atoms with Gasteiger partial charge in [-0.3, -0.25) is 0 Å². The smallest absolute Gasteiger partial charge is 0.0384 e. The Morgan fingerprint density at radius 2 is 0.704 bits per heavy atom. The van der Waals surface area contributed by atoms with Crippen LogP contribution in [0.1, 0.15) is 13.8 Å². The molecule has 1 heteroatoms. The normalized spacial score (nSPS) is 9.85. The standard InChI is InChI=1S/C24H19N.C2H6/c1-3-7-19(8-4-1)20-11-13-21(14-12-20)22-15-17-24(18-16-22)25-23-9-5-2-6-10-23;1-2/h1-18,25H;1-2H3. The summed E-state index contributed by atoms with van der Waals surface area (Å²) in [6, 6.07) is 38.0. The molecule has 1 N–H and O–H groups in total. The number of nitrogens with one attached hydrogen (secondary N) is 1. The summed E-state index contributed by atoms with van der Waals surface area (Å²) < 4.78 is 0. The SMILES string of the molecule is CC.c1ccc(Nc2ccc(-c3ccc(-c4ccccc4)cc3)cc2)cc1. The van der Waals surface area contributed by atoms with E-state index in [2.05, 4.69) is 90.2 Å². The summed E-state index contributed by atoms with van der Waals surface area (Å²) in [7, 11) is 0. The van der Waals surface area contributed by atoms with Gasteiger partial charge in [0.25, 0.3) is 0 Å². The van der Waals surface area contributed by atoms with E-state index in [1.165, 1.54) is 22.3 Å². The average Bonchev–Trinajstić information content (AvgIpc) is 2.77. The van der Waals surface area contributed by atoms with Gasteiger partial charge in [-0.2, -0.15) is 0 Å². The Kier molecular flexibility index (Phi) is 6.43. The molecule has 27 heavy (non-hydrogen) atoms. The minimum absolute atomic E-state index is 1.09. The van der Waals surface area contributed by atoms with Crippen LogP contribution in [0.3, 0.4) is 0 Å². The lowest BCUT2D eigenvalue weighted by molar-refractivity contribution is 1.50. The zero-order valence-corrected chi connectivity index (χ0v) is 15.9. The number of rotatable bonds is 4. The van der Waals surface area contributed by atoms with E-state index in [9.17, 15) is 0 Å². The molecule has 134 valence electrons. The molecule has 0 heterocycles. The molecule has 4 rings (SSSR count). The van der Waals surface area contributed by atoms with Crippen LogP contribution in [0.25, 0.3) is 22.3 Å². The summed E-state index contributed by atoms with van der Waals surface area (Å²) in [6.45, 7) is 4.00. The second-order valence-electron chi connectivity index (χ2n) is 6.01. The molecule has 0 amide bonds. The van der Waals surface area contributed by atoms with Gasteiger partial charge in [-0.1, -0.05) is 98.8 Å². The molecular formula is C26H25N. The minimum atomic E-state index is 1.09. The van der Waals surface area contributed by atoms with Gasteiger partial charge in [-0.15, -0.1) is 0 Å². The number of benzene rings is 4. The molecule has 0 spiro atoms.